The first kappa shape index (κ1) is 9.19. The highest BCUT2D eigenvalue weighted by molar-refractivity contribution is 5.90. The largest absolute Gasteiger partial charge is 0.350 e. The summed E-state index contributed by atoms with van der Waals surface area (Å²) in [5.41, 5.74) is 8.61. The summed E-state index contributed by atoms with van der Waals surface area (Å²) >= 11 is 0. The fraction of sp³-hybridized carbons (Fsp3) is 0.818. The topological polar surface area (TPSA) is 67.5 Å². The van der Waals surface area contributed by atoms with E-state index in [1.807, 2.05) is 0 Å². The molecule has 0 spiro atoms. The summed E-state index contributed by atoms with van der Waals surface area (Å²) in [7, 11) is 0. The van der Waals surface area contributed by atoms with Crippen molar-refractivity contribution in [2.24, 2.45) is 34.5 Å². The predicted octanol–water partition coefficient (Wildman–Crippen LogP) is 1.47. The molecule has 3 rings (SSSR count). The molecule has 3 aliphatic rings. The average molecular weight is 207 g/mol. The van der Waals surface area contributed by atoms with Crippen LogP contribution in [0.3, 0.4) is 0 Å². The van der Waals surface area contributed by atoms with Gasteiger partial charge in [0.1, 0.15) is 0 Å². The van der Waals surface area contributed by atoms with Gasteiger partial charge >= 0.3 is 6.03 Å². The lowest BCUT2D eigenvalue weighted by Crippen LogP contribution is -2.26. The molecule has 15 heavy (non-hydrogen) atoms. The molecule has 0 radical (unpaired) electrons. The van der Waals surface area contributed by atoms with E-state index in [1.165, 1.54) is 31.4 Å². The zero-order valence-electron chi connectivity index (χ0n) is 8.78. The van der Waals surface area contributed by atoms with E-state index in [9.17, 15) is 4.79 Å². The highest BCUT2D eigenvalue weighted by Gasteiger charge is 2.51. The number of rotatable bonds is 1. The quantitative estimate of drug-likeness (QED) is 0.628. The van der Waals surface area contributed by atoms with Crippen LogP contribution in [-0.2, 0) is 0 Å². The molecule has 4 heteroatoms. The summed E-state index contributed by atoms with van der Waals surface area (Å²) in [5.74, 6) is 3.31. The number of urea groups is 1. The zero-order chi connectivity index (χ0) is 10.4. The molecule has 82 valence electrons. The van der Waals surface area contributed by atoms with Crippen LogP contribution in [0.2, 0.25) is 0 Å². The third-order valence-corrected chi connectivity index (χ3v) is 4.52. The average Bonchev–Trinajstić information content (AvgIpc) is 2.83. The fourth-order valence-electron chi connectivity index (χ4n) is 4.08. The molecule has 3 fully saturated rings. The predicted molar refractivity (Wildman–Crippen MR) is 57.2 cm³/mol. The number of hydrogen-bond donors (Lipinski definition) is 2. The van der Waals surface area contributed by atoms with E-state index >= 15 is 0 Å². The molecule has 3 N–H and O–H groups in total. The van der Waals surface area contributed by atoms with Crippen molar-refractivity contribution in [1.29, 1.82) is 0 Å². The van der Waals surface area contributed by atoms with Gasteiger partial charge in [-0.3, -0.25) is 0 Å². The number of carbonyl (C=O) groups excluding carboxylic acids is 1. The van der Waals surface area contributed by atoms with E-state index in [4.69, 9.17) is 5.73 Å². The Morgan fingerprint density at radius 3 is 2.80 bits per heavy atom. The van der Waals surface area contributed by atoms with Crippen molar-refractivity contribution in [2.45, 2.75) is 32.1 Å². The van der Waals surface area contributed by atoms with Crippen molar-refractivity contribution < 1.29 is 4.79 Å². The Balaban J connectivity index is 1.78. The van der Waals surface area contributed by atoms with Gasteiger partial charge in [0, 0.05) is 11.6 Å². The van der Waals surface area contributed by atoms with Crippen molar-refractivity contribution in [1.82, 2.24) is 5.43 Å². The van der Waals surface area contributed by atoms with Crippen LogP contribution in [0.15, 0.2) is 5.10 Å². The van der Waals surface area contributed by atoms with Gasteiger partial charge in [0.2, 0.25) is 0 Å². The zero-order valence-corrected chi connectivity index (χ0v) is 8.78. The maximum atomic E-state index is 10.6. The van der Waals surface area contributed by atoms with Crippen molar-refractivity contribution in [3.63, 3.8) is 0 Å². The van der Waals surface area contributed by atoms with Crippen LogP contribution in [0.25, 0.3) is 0 Å². The lowest BCUT2D eigenvalue weighted by molar-refractivity contribution is 0.249. The number of amides is 2. The van der Waals surface area contributed by atoms with Crippen molar-refractivity contribution in [3.05, 3.63) is 0 Å². The molecule has 0 aromatic heterocycles. The molecule has 4 nitrogen and oxygen atoms in total. The highest BCUT2D eigenvalue weighted by Crippen LogP contribution is 2.57. The van der Waals surface area contributed by atoms with Gasteiger partial charge in [0.05, 0.1) is 0 Å². The number of nitrogens with one attached hydrogen (secondary N) is 1. The number of carbonyl (C=O) groups is 1. The van der Waals surface area contributed by atoms with Gasteiger partial charge in [0.25, 0.3) is 0 Å². The van der Waals surface area contributed by atoms with E-state index in [0.717, 1.165) is 24.2 Å². The summed E-state index contributed by atoms with van der Waals surface area (Å²) in [6, 6.07) is -0.547. The second-order valence-electron chi connectivity index (χ2n) is 5.14. The van der Waals surface area contributed by atoms with E-state index in [0.29, 0.717) is 5.92 Å². The maximum absolute atomic E-state index is 10.6. The summed E-state index contributed by atoms with van der Waals surface area (Å²) < 4.78 is 0. The molecule has 4 atom stereocenters. The first-order chi connectivity index (χ1) is 7.25. The molecular weight excluding hydrogens is 190 g/mol. The van der Waals surface area contributed by atoms with E-state index in [2.05, 4.69) is 10.5 Å². The van der Waals surface area contributed by atoms with Crippen molar-refractivity contribution in [2.75, 3.05) is 0 Å². The van der Waals surface area contributed by atoms with Crippen LogP contribution in [-0.4, -0.2) is 11.7 Å². The van der Waals surface area contributed by atoms with Gasteiger partial charge in [-0.1, -0.05) is 0 Å². The van der Waals surface area contributed by atoms with Crippen molar-refractivity contribution in [3.8, 4) is 0 Å². The van der Waals surface area contributed by atoms with Gasteiger partial charge < -0.3 is 5.73 Å². The van der Waals surface area contributed by atoms with Crippen LogP contribution in [0.5, 0.6) is 0 Å². The van der Waals surface area contributed by atoms with Gasteiger partial charge in [-0.05, 0) is 49.9 Å². The number of nitrogens with zero attached hydrogens (tertiary/aromatic N) is 1. The molecule has 0 aromatic carbocycles. The second kappa shape index (κ2) is 3.22. The molecule has 3 aliphatic carbocycles. The van der Waals surface area contributed by atoms with Crippen LogP contribution < -0.4 is 11.2 Å². The lowest BCUT2D eigenvalue weighted by Gasteiger charge is -2.12. The number of nitrogens with two attached hydrogens (primary N) is 1. The van der Waals surface area contributed by atoms with Gasteiger partial charge in [-0.25, -0.2) is 10.2 Å². The second-order valence-corrected chi connectivity index (χ2v) is 5.14. The van der Waals surface area contributed by atoms with E-state index in [-0.39, 0.29) is 0 Å². The molecule has 3 saturated carbocycles. The Labute approximate surface area is 89.3 Å². The third-order valence-electron chi connectivity index (χ3n) is 4.52. The molecule has 0 saturated heterocycles. The normalized spacial score (nSPS) is 44.7. The standard InChI is InChI=1S/C11H17N3O/c12-11(15)14-13-9-5-7-2-1-6-3-4-8(9)10(6)7/h6-8,10H,1-5H2,(H3,12,14,15)/b13-9-/t6-,7+,8+,10+/m0/s1. The van der Waals surface area contributed by atoms with Gasteiger partial charge in [-0.2, -0.15) is 5.10 Å². The van der Waals surface area contributed by atoms with E-state index in [1.54, 1.807) is 0 Å². The number of primary amides is 1. The monoisotopic (exact) mass is 207 g/mol. The summed E-state index contributed by atoms with van der Waals surface area (Å²) in [4.78, 5) is 10.6. The number of hydrazone groups is 1. The van der Waals surface area contributed by atoms with Crippen LogP contribution >= 0.6 is 0 Å². The molecule has 0 aromatic rings. The smallest absolute Gasteiger partial charge is 0.332 e. The Bertz CT molecular complexity index is 326. The Morgan fingerprint density at radius 1 is 1.27 bits per heavy atom. The van der Waals surface area contributed by atoms with Crippen LogP contribution in [0, 0.1) is 23.7 Å². The summed E-state index contributed by atoms with van der Waals surface area (Å²) in [6.45, 7) is 0. The van der Waals surface area contributed by atoms with Crippen molar-refractivity contribution >= 4 is 11.7 Å². The van der Waals surface area contributed by atoms with Crippen LogP contribution in [0.1, 0.15) is 32.1 Å². The minimum atomic E-state index is -0.547. The van der Waals surface area contributed by atoms with Crippen LogP contribution in [0.4, 0.5) is 4.79 Å². The molecule has 2 amide bonds. The third kappa shape index (κ3) is 1.34. The Morgan fingerprint density at radius 2 is 2.00 bits per heavy atom. The minimum absolute atomic E-state index is 0.547. The number of hydrogen-bond acceptors (Lipinski definition) is 2. The SMILES string of the molecule is NC(=O)N/N=C1/C[C@H]2CC[C@H]3CC[C@H]1[C@H]32. The van der Waals surface area contributed by atoms with E-state index < -0.39 is 6.03 Å². The van der Waals surface area contributed by atoms with Gasteiger partial charge in [0.15, 0.2) is 0 Å². The fourth-order valence-corrected chi connectivity index (χ4v) is 4.08. The molecule has 0 bridgehead atoms. The lowest BCUT2D eigenvalue weighted by atomic mass is 9.92. The minimum Gasteiger partial charge on any atom is -0.350 e. The first-order valence-corrected chi connectivity index (χ1v) is 5.87. The molecule has 0 unspecified atom stereocenters. The Kier molecular flexibility index (Phi) is 1.97. The molecule has 0 aliphatic heterocycles. The first-order valence-electron chi connectivity index (χ1n) is 5.87. The summed E-state index contributed by atoms with van der Waals surface area (Å²) in [5, 5.41) is 4.18. The Hall–Kier alpha value is -1.06. The molecule has 0 heterocycles. The molecular formula is C11H17N3O. The summed E-state index contributed by atoms with van der Waals surface area (Å²) in [6.07, 6.45) is 6.50. The maximum Gasteiger partial charge on any atom is 0.332 e. The highest BCUT2D eigenvalue weighted by atomic mass is 16.2. The van der Waals surface area contributed by atoms with Gasteiger partial charge in [-0.15, -0.1) is 0 Å².